The second kappa shape index (κ2) is 4.61. The van der Waals surface area contributed by atoms with Gasteiger partial charge in [0.2, 0.25) is 0 Å². The van der Waals surface area contributed by atoms with Crippen LogP contribution in [0.3, 0.4) is 0 Å². The Kier molecular flexibility index (Phi) is 3.58. The van der Waals surface area contributed by atoms with Gasteiger partial charge in [-0.2, -0.15) is 0 Å². The van der Waals surface area contributed by atoms with Gasteiger partial charge in [-0.05, 0) is 27.7 Å². The zero-order chi connectivity index (χ0) is 13.6. The van der Waals surface area contributed by atoms with Crippen molar-refractivity contribution in [2.75, 3.05) is 13.1 Å². The Balaban J connectivity index is 2.06. The molecule has 0 aliphatic carbocycles. The lowest BCUT2D eigenvalue weighted by Gasteiger charge is -2.46. The number of nitrogens with one attached hydrogen (secondary N) is 1. The minimum Gasteiger partial charge on any atom is -0.337 e. The van der Waals surface area contributed by atoms with Gasteiger partial charge in [-0.25, -0.2) is 0 Å². The van der Waals surface area contributed by atoms with Crippen LogP contribution in [-0.4, -0.2) is 36.0 Å². The van der Waals surface area contributed by atoms with Gasteiger partial charge in [0.25, 0.3) is 0 Å². The SMILES string of the molecule is C[C@@H]1C[NH+](C2CC(C)(C)[NH2+]C(C)(C)C2)CCC1=O. The van der Waals surface area contributed by atoms with Crippen LogP contribution in [0, 0.1) is 5.92 Å². The standard InChI is InChI=1S/C15H28N2O/c1-11-10-17(7-6-13(11)18)12-8-14(2,3)16-15(4,5)9-12/h11-12,16H,6-10H2,1-5H3/p+2/t11-/m1/s1. The summed E-state index contributed by atoms with van der Waals surface area (Å²) in [6.07, 6.45) is 3.33. The fourth-order valence-corrected chi connectivity index (χ4v) is 4.32. The molecular formula is C15H30N2O+2. The topological polar surface area (TPSA) is 38.1 Å². The maximum absolute atomic E-state index is 11.7. The van der Waals surface area contributed by atoms with Gasteiger partial charge in [0.1, 0.15) is 5.78 Å². The van der Waals surface area contributed by atoms with Crippen LogP contribution < -0.4 is 10.2 Å². The molecule has 2 fully saturated rings. The molecule has 0 bridgehead atoms. The van der Waals surface area contributed by atoms with E-state index in [4.69, 9.17) is 0 Å². The number of carbonyl (C=O) groups excluding carboxylic acids is 1. The van der Waals surface area contributed by atoms with E-state index in [-0.39, 0.29) is 5.92 Å². The number of ketones is 1. The summed E-state index contributed by atoms with van der Waals surface area (Å²) in [6, 6.07) is 0.732. The van der Waals surface area contributed by atoms with Crippen molar-refractivity contribution in [3.05, 3.63) is 0 Å². The van der Waals surface area contributed by atoms with Crippen molar-refractivity contribution in [2.45, 2.75) is 71.0 Å². The van der Waals surface area contributed by atoms with Crippen LogP contribution in [0.1, 0.15) is 53.9 Å². The minimum absolute atomic E-state index is 0.269. The van der Waals surface area contributed by atoms with Crippen LogP contribution in [0.4, 0.5) is 0 Å². The van der Waals surface area contributed by atoms with Gasteiger partial charge in [-0.15, -0.1) is 0 Å². The third-order valence-electron chi connectivity index (χ3n) is 4.71. The van der Waals surface area contributed by atoms with Gasteiger partial charge in [0.15, 0.2) is 0 Å². The number of hydrogen-bond acceptors (Lipinski definition) is 1. The number of nitrogens with two attached hydrogens (primary N) is 1. The van der Waals surface area contributed by atoms with E-state index in [0.29, 0.717) is 16.9 Å². The number of Topliss-reactive ketones (excluding diaryl/α,β-unsaturated/α-hetero) is 1. The molecule has 3 heteroatoms. The van der Waals surface area contributed by atoms with E-state index in [9.17, 15) is 4.79 Å². The molecule has 2 heterocycles. The van der Waals surface area contributed by atoms with E-state index < -0.39 is 0 Å². The molecule has 0 amide bonds. The first kappa shape index (κ1) is 14.0. The average Bonchev–Trinajstić information content (AvgIpc) is 2.17. The summed E-state index contributed by atoms with van der Waals surface area (Å²) in [5.74, 6) is 0.741. The molecule has 3 nitrogen and oxygen atoms in total. The Labute approximate surface area is 111 Å². The largest absolute Gasteiger partial charge is 0.337 e. The third kappa shape index (κ3) is 3.12. The predicted octanol–water partition coefficient (Wildman–Crippen LogP) is -0.237. The smallest absolute Gasteiger partial charge is 0.146 e. The average molecular weight is 254 g/mol. The molecule has 0 aromatic heterocycles. The van der Waals surface area contributed by atoms with Crippen molar-refractivity contribution in [1.82, 2.24) is 0 Å². The van der Waals surface area contributed by atoms with Crippen molar-refractivity contribution >= 4 is 5.78 Å². The summed E-state index contributed by atoms with van der Waals surface area (Å²) in [5.41, 5.74) is 0.675. The lowest BCUT2D eigenvalue weighted by molar-refractivity contribution is -0.946. The van der Waals surface area contributed by atoms with Gasteiger partial charge < -0.3 is 10.2 Å². The summed E-state index contributed by atoms with van der Waals surface area (Å²) >= 11 is 0. The molecule has 18 heavy (non-hydrogen) atoms. The van der Waals surface area contributed by atoms with E-state index in [1.807, 2.05) is 0 Å². The molecule has 2 aliphatic rings. The quantitative estimate of drug-likeness (QED) is 0.666. The van der Waals surface area contributed by atoms with Crippen LogP contribution in [0.2, 0.25) is 0 Å². The third-order valence-corrected chi connectivity index (χ3v) is 4.71. The second-order valence-corrected chi connectivity index (χ2v) is 7.96. The molecule has 3 N–H and O–H groups in total. The monoisotopic (exact) mass is 254 g/mol. The molecule has 0 aromatic carbocycles. The second-order valence-electron chi connectivity index (χ2n) is 7.96. The van der Waals surface area contributed by atoms with Gasteiger partial charge in [0.05, 0.1) is 55.4 Å². The molecule has 0 radical (unpaired) electrons. The number of quaternary nitrogens is 2. The highest BCUT2D eigenvalue weighted by Gasteiger charge is 2.46. The van der Waals surface area contributed by atoms with Crippen LogP contribution in [0.25, 0.3) is 0 Å². The molecule has 1 unspecified atom stereocenters. The molecular weight excluding hydrogens is 224 g/mol. The van der Waals surface area contributed by atoms with Crippen molar-refractivity contribution in [2.24, 2.45) is 5.92 Å². The highest BCUT2D eigenvalue weighted by molar-refractivity contribution is 5.81. The van der Waals surface area contributed by atoms with Crippen LogP contribution in [-0.2, 0) is 4.79 Å². The summed E-state index contributed by atoms with van der Waals surface area (Å²) in [7, 11) is 0. The zero-order valence-electron chi connectivity index (χ0n) is 12.7. The molecule has 0 spiro atoms. The van der Waals surface area contributed by atoms with Crippen LogP contribution in [0.5, 0.6) is 0 Å². The molecule has 104 valence electrons. The van der Waals surface area contributed by atoms with Crippen molar-refractivity contribution in [1.29, 1.82) is 0 Å². The van der Waals surface area contributed by atoms with Crippen LogP contribution >= 0.6 is 0 Å². The number of likely N-dealkylation sites (tertiary alicyclic amines) is 1. The van der Waals surface area contributed by atoms with E-state index in [1.54, 1.807) is 4.90 Å². The summed E-state index contributed by atoms with van der Waals surface area (Å²) in [6.45, 7) is 13.7. The summed E-state index contributed by atoms with van der Waals surface area (Å²) in [5, 5.41) is 2.54. The Hall–Kier alpha value is -0.410. The number of carbonyl (C=O) groups is 1. The lowest BCUT2D eigenvalue weighted by atomic mass is 9.78. The van der Waals surface area contributed by atoms with E-state index in [2.05, 4.69) is 39.9 Å². The highest BCUT2D eigenvalue weighted by atomic mass is 16.1. The predicted molar refractivity (Wildman–Crippen MR) is 72.6 cm³/mol. The molecule has 2 rings (SSSR count). The Morgan fingerprint density at radius 2 is 1.72 bits per heavy atom. The first-order chi connectivity index (χ1) is 8.19. The van der Waals surface area contributed by atoms with Crippen molar-refractivity contribution < 1.29 is 15.0 Å². The summed E-state index contributed by atoms with van der Waals surface area (Å²) < 4.78 is 0. The Morgan fingerprint density at radius 1 is 1.17 bits per heavy atom. The van der Waals surface area contributed by atoms with Gasteiger partial charge in [-0.1, -0.05) is 6.92 Å². The van der Waals surface area contributed by atoms with Gasteiger partial charge >= 0.3 is 0 Å². The molecule has 2 saturated heterocycles. The van der Waals surface area contributed by atoms with Gasteiger partial charge in [0, 0.05) is 0 Å². The van der Waals surface area contributed by atoms with Crippen molar-refractivity contribution in [3.8, 4) is 0 Å². The van der Waals surface area contributed by atoms with Gasteiger partial charge in [-0.3, -0.25) is 4.79 Å². The normalized spacial score (nSPS) is 36.6. The molecule has 0 aromatic rings. The van der Waals surface area contributed by atoms with E-state index in [1.165, 1.54) is 12.8 Å². The fourth-order valence-electron chi connectivity index (χ4n) is 4.32. The van der Waals surface area contributed by atoms with E-state index in [0.717, 1.165) is 25.6 Å². The van der Waals surface area contributed by atoms with Crippen molar-refractivity contribution in [3.63, 3.8) is 0 Å². The first-order valence-corrected chi connectivity index (χ1v) is 7.43. The maximum Gasteiger partial charge on any atom is 0.146 e. The molecule has 2 atom stereocenters. The van der Waals surface area contributed by atoms with Crippen LogP contribution in [0.15, 0.2) is 0 Å². The molecule has 0 saturated carbocycles. The Bertz CT molecular complexity index is 319. The maximum atomic E-state index is 11.7. The zero-order valence-corrected chi connectivity index (χ0v) is 12.7. The Morgan fingerprint density at radius 3 is 2.22 bits per heavy atom. The minimum atomic E-state index is 0.269. The number of hydrogen-bond donors (Lipinski definition) is 2. The first-order valence-electron chi connectivity index (χ1n) is 7.43. The molecule has 2 aliphatic heterocycles. The fraction of sp³-hybridized carbons (Fsp3) is 0.933. The number of rotatable bonds is 1. The number of piperidine rings is 2. The summed E-state index contributed by atoms with van der Waals surface area (Å²) in [4.78, 5) is 13.3. The lowest BCUT2D eigenvalue weighted by Crippen LogP contribution is -3.21. The van der Waals surface area contributed by atoms with E-state index >= 15 is 0 Å². The highest BCUT2D eigenvalue weighted by Crippen LogP contribution is 2.20.